The topological polar surface area (TPSA) is 112 Å². The molecule has 0 saturated heterocycles. The largest absolute Gasteiger partial charge is 0.337 e. The van der Waals surface area contributed by atoms with E-state index in [2.05, 4.69) is 25.6 Å². The molecule has 0 atom stereocenters. The summed E-state index contributed by atoms with van der Waals surface area (Å²) in [6.45, 7) is 1.95. The average Bonchev–Trinajstić information content (AvgIpc) is 3.16. The second-order valence-corrected chi connectivity index (χ2v) is 7.16. The van der Waals surface area contributed by atoms with Crippen LogP contribution in [-0.4, -0.2) is 29.9 Å². The molecule has 1 N–H and O–H groups in total. The van der Waals surface area contributed by atoms with Crippen molar-refractivity contribution in [2.45, 2.75) is 6.92 Å². The van der Waals surface area contributed by atoms with Gasteiger partial charge in [-0.2, -0.15) is 5.10 Å². The SMILES string of the molecule is Cc1nn(-c2ccccc2)c2ncc(Nc3ccc(-c4cccc([N+](=O)[O-])c4)nn3)cc12. The first-order chi connectivity index (χ1) is 15.6. The number of para-hydroxylation sites is 1. The Morgan fingerprint density at radius 2 is 1.81 bits per heavy atom. The van der Waals surface area contributed by atoms with Crippen LogP contribution < -0.4 is 5.32 Å². The summed E-state index contributed by atoms with van der Waals surface area (Å²) in [5.74, 6) is 0.536. The van der Waals surface area contributed by atoms with Crippen molar-refractivity contribution in [2.24, 2.45) is 0 Å². The lowest BCUT2D eigenvalue weighted by Gasteiger charge is -2.07. The zero-order chi connectivity index (χ0) is 22.1. The van der Waals surface area contributed by atoms with E-state index in [9.17, 15) is 10.1 Å². The Hall–Kier alpha value is -4.66. The van der Waals surface area contributed by atoms with Gasteiger partial charge in [0.2, 0.25) is 0 Å². The van der Waals surface area contributed by atoms with E-state index in [0.717, 1.165) is 28.1 Å². The summed E-state index contributed by atoms with van der Waals surface area (Å²) in [5, 5.41) is 28.1. The number of nitro benzene ring substituents is 1. The Morgan fingerprint density at radius 3 is 2.56 bits per heavy atom. The van der Waals surface area contributed by atoms with Crippen LogP contribution in [0.3, 0.4) is 0 Å². The fourth-order valence-electron chi connectivity index (χ4n) is 3.44. The summed E-state index contributed by atoms with van der Waals surface area (Å²) in [6.07, 6.45) is 1.72. The number of nitrogens with one attached hydrogen (secondary N) is 1. The third kappa shape index (κ3) is 3.63. The summed E-state index contributed by atoms with van der Waals surface area (Å²) in [7, 11) is 0. The van der Waals surface area contributed by atoms with Gasteiger partial charge in [-0.25, -0.2) is 9.67 Å². The maximum atomic E-state index is 11.0. The predicted octanol–water partition coefficient (Wildman–Crippen LogP) is 4.84. The number of anilines is 2. The van der Waals surface area contributed by atoms with Gasteiger partial charge in [0, 0.05) is 23.1 Å². The first kappa shape index (κ1) is 19.3. The second-order valence-electron chi connectivity index (χ2n) is 7.16. The molecule has 0 unspecified atom stereocenters. The van der Waals surface area contributed by atoms with E-state index in [0.29, 0.717) is 17.1 Å². The number of hydrogen-bond donors (Lipinski definition) is 1. The first-order valence-corrected chi connectivity index (χ1v) is 9.85. The maximum absolute atomic E-state index is 11.0. The highest BCUT2D eigenvalue weighted by Crippen LogP contribution is 2.26. The molecule has 9 heteroatoms. The number of nitro groups is 1. The van der Waals surface area contributed by atoms with Crippen molar-refractivity contribution >= 4 is 28.2 Å². The number of rotatable bonds is 5. The van der Waals surface area contributed by atoms with E-state index in [1.165, 1.54) is 12.1 Å². The second kappa shape index (κ2) is 7.88. The lowest BCUT2D eigenvalue weighted by atomic mass is 10.1. The number of aryl methyl sites for hydroxylation is 1. The molecule has 3 heterocycles. The number of non-ortho nitro benzene ring substituents is 1. The minimum absolute atomic E-state index is 0.0114. The van der Waals surface area contributed by atoms with Crippen molar-refractivity contribution in [3.63, 3.8) is 0 Å². The van der Waals surface area contributed by atoms with Crippen molar-refractivity contribution in [1.29, 1.82) is 0 Å². The van der Waals surface area contributed by atoms with Gasteiger partial charge >= 0.3 is 0 Å². The van der Waals surface area contributed by atoms with E-state index in [-0.39, 0.29) is 5.69 Å². The lowest BCUT2D eigenvalue weighted by molar-refractivity contribution is -0.384. The molecule has 5 aromatic rings. The van der Waals surface area contributed by atoms with Crippen LogP contribution in [0.4, 0.5) is 17.2 Å². The summed E-state index contributed by atoms with van der Waals surface area (Å²) >= 11 is 0. The highest BCUT2D eigenvalue weighted by molar-refractivity contribution is 5.83. The van der Waals surface area contributed by atoms with Gasteiger partial charge in [0.25, 0.3) is 5.69 Å². The molecular formula is C23H17N7O2. The van der Waals surface area contributed by atoms with Crippen molar-refractivity contribution in [1.82, 2.24) is 25.0 Å². The molecule has 0 radical (unpaired) electrons. The van der Waals surface area contributed by atoms with Gasteiger partial charge in [-0.1, -0.05) is 30.3 Å². The van der Waals surface area contributed by atoms with Gasteiger partial charge in [0.1, 0.15) is 0 Å². The molecule has 5 rings (SSSR count). The molecule has 0 saturated carbocycles. The monoisotopic (exact) mass is 423 g/mol. The molecule has 0 fully saturated rings. The van der Waals surface area contributed by atoms with Gasteiger partial charge in [-0.3, -0.25) is 10.1 Å². The fraction of sp³-hybridized carbons (Fsp3) is 0.0435. The van der Waals surface area contributed by atoms with Crippen LogP contribution in [0, 0.1) is 17.0 Å². The predicted molar refractivity (Wildman–Crippen MR) is 121 cm³/mol. The molecule has 0 aliphatic heterocycles. The van der Waals surface area contributed by atoms with Crippen molar-refractivity contribution in [3.8, 4) is 16.9 Å². The maximum Gasteiger partial charge on any atom is 0.270 e. The van der Waals surface area contributed by atoms with Crippen LogP contribution in [-0.2, 0) is 0 Å². The van der Waals surface area contributed by atoms with Crippen LogP contribution in [0.15, 0.2) is 79.0 Å². The van der Waals surface area contributed by atoms with Crippen LogP contribution in [0.1, 0.15) is 5.69 Å². The third-order valence-corrected chi connectivity index (χ3v) is 5.00. The van der Waals surface area contributed by atoms with Crippen LogP contribution in [0.25, 0.3) is 28.0 Å². The van der Waals surface area contributed by atoms with Crippen molar-refractivity contribution in [2.75, 3.05) is 5.32 Å². The Morgan fingerprint density at radius 1 is 0.969 bits per heavy atom. The van der Waals surface area contributed by atoms with E-state index < -0.39 is 4.92 Å². The van der Waals surface area contributed by atoms with Gasteiger partial charge in [-0.05, 0) is 37.3 Å². The van der Waals surface area contributed by atoms with Crippen LogP contribution in [0.2, 0.25) is 0 Å². The Bertz CT molecular complexity index is 1430. The number of fused-ring (bicyclic) bond motifs is 1. The Labute approximate surface area is 182 Å². The quantitative estimate of drug-likeness (QED) is 0.318. The molecule has 0 spiro atoms. The van der Waals surface area contributed by atoms with Crippen LogP contribution >= 0.6 is 0 Å². The van der Waals surface area contributed by atoms with Gasteiger partial charge in [-0.15, -0.1) is 10.2 Å². The third-order valence-electron chi connectivity index (χ3n) is 5.00. The molecular weight excluding hydrogens is 406 g/mol. The summed E-state index contributed by atoms with van der Waals surface area (Å²) in [6, 6.07) is 21.7. The first-order valence-electron chi connectivity index (χ1n) is 9.85. The molecule has 2 aromatic carbocycles. The van der Waals surface area contributed by atoms with E-state index in [1.54, 1.807) is 30.5 Å². The van der Waals surface area contributed by atoms with Crippen molar-refractivity contribution in [3.05, 3.63) is 94.8 Å². The van der Waals surface area contributed by atoms with Crippen LogP contribution in [0.5, 0.6) is 0 Å². The highest BCUT2D eigenvalue weighted by atomic mass is 16.6. The molecule has 32 heavy (non-hydrogen) atoms. The zero-order valence-corrected chi connectivity index (χ0v) is 17.0. The van der Waals surface area contributed by atoms with E-state index in [4.69, 9.17) is 0 Å². The Kier molecular flexibility index (Phi) is 4.75. The van der Waals surface area contributed by atoms with Gasteiger partial charge in [0.15, 0.2) is 11.5 Å². The molecule has 9 nitrogen and oxygen atoms in total. The smallest absolute Gasteiger partial charge is 0.270 e. The molecule has 0 bridgehead atoms. The summed E-state index contributed by atoms with van der Waals surface area (Å²) in [5.41, 5.74) is 4.53. The lowest BCUT2D eigenvalue weighted by Crippen LogP contribution is -1.99. The standard InChI is InChI=1S/C23H17N7O2/c1-15-20-13-17(14-24-23(20)29(28-15)18-7-3-2-4-8-18)25-22-11-10-21(26-27-22)16-6-5-9-19(12-16)30(31)32/h2-14H,1H3,(H,25,27). The normalized spacial score (nSPS) is 10.9. The summed E-state index contributed by atoms with van der Waals surface area (Å²) in [4.78, 5) is 15.1. The van der Waals surface area contributed by atoms with E-state index >= 15 is 0 Å². The minimum Gasteiger partial charge on any atom is -0.337 e. The molecule has 0 amide bonds. The fourth-order valence-corrected chi connectivity index (χ4v) is 3.44. The zero-order valence-electron chi connectivity index (χ0n) is 17.0. The number of nitrogens with zero attached hydrogens (tertiary/aromatic N) is 6. The highest BCUT2D eigenvalue weighted by Gasteiger charge is 2.12. The Balaban J connectivity index is 1.41. The van der Waals surface area contributed by atoms with E-state index in [1.807, 2.05) is 48.0 Å². The molecule has 3 aromatic heterocycles. The number of benzene rings is 2. The summed E-state index contributed by atoms with van der Waals surface area (Å²) < 4.78 is 1.82. The number of hydrogen-bond acceptors (Lipinski definition) is 7. The van der Waals surface area contributed by atoms with Crippen molar-refractivity contribution < 1.29 is 4.92 Å². The molecule has 0 aliphatic rings. The van der Waals surface area contributed by atoms with Gasteiger partial charge < -0.3 is 5.32 Å². The minimum atomic E-state index is -0.433. The number of pyridine rings is 1. The van der Waals surface area contributed by atoms with Gasteiger partial charge in [0.05, 0.1) is 33.9 Å². The molecule has 156 valence electrons. The average molecular weight is 423 g/mol. The number of aromatic nitrogens is 5. The molecule has 0 aliphatic carbocycles.